The molecule has 3 heteroatoms. The van der Waals surface area contributed by atoms with Gasteiger partial charge in [-0.05, 0) is 50.3 Å². The second-order valence-corrected chi connectivity index (χ2v) is 5.24. The number of nitriles is 1. The lowest BCUT2D eigenvalue weighted by molar-refractivity contribution is 0.322. The topological polar surface area (TPSA) is 61.8 Å². The fraction of sp³-hybridized carbons (Fsp3) is 0.533. The lowest BCUT2D eigenvalue weighted by atomic mass is 9.91. The molecule has 1 aromatic carbocycles. The molecule has 0 bridgehead atoms. The van der Waals surface area contributed by atoms with Gasteiger partial charge in [0.25, 0.3) is 0 Å². The van der Waals surface area contributed by atoms with Crippen molar-refractivity contribution in [2.45, 2.75) is 50.7 Å². The van der Waals surface area contributed by atoms with Crippen molar-refractivity contribution in [3.63, 3.8) is 0 Å². The molecule has 0 aliphatic heterocycles. The maximum atomic E-state index is 8.91. The third kappa shape index (κ3) is 3.32. The van der Waals surface area contributed by atoms with Crippen LogP contribution >= 0.6 is 0 Å². The van der Waals surface area contributed by atoms with Gasteiger partial charge in [0.15, 0.2) is 0 Å². The number of rotatable bonds is 3. The Bertz CT molecular complexity index is 428. The first-order valence-corrected chi connectivity index (χ1v) is 6.70. The molecule has 0 saturated heterocycles. The molecular formula is C15H21N3. The zero-order chi connectivity index (χ0) is 13.0. The van der Waals surface area contributed by atoms with Gasteiger partial charge in [-0.1, -0.05) is 12.1 Å². The third-order valence-corrected chi connectivity index (χ3v) is 3.77. The van der Waals surface area contributed by atoms with Crippen LogP contribution in [0.5, 0.6) is 0 Å². The molecule has 0 heterocycles. The second-order valence-electron chi connectivity index (χ2n) is 5.24. The van der Waals surface area contributed by atoms with Gasteiger partial charge in [0.2, 0.25) is 0 Å². The molecule has 2 rings (SSSR count). The van der Waals surface area contributed by atoms with E-state index in [1.807, 2.05) is 18.2 Å². The summed E-state index contributed by atoms with van der Waals surface area (Å²) < 4.78 is 0. The molecule has 1 aromatic rings. The van der Waals surface area contributed by atoms with Crippen LogP contribution in [0.25, 0.3) is 0 Å². The summed E-state index contributed by atoms with van der Waals surface area (Å²) in [7, 11) is 0. The van der Waals surface area contributed by atoms with E-state index in [2.05, 4.69) is 24.4 Å². The van der Waals surface area contributed by atoms with Crippen molar-refractivity contribution in [2.24, 2.45) is 5.73 Å². The van der Waals surface area contributed by atoms with Gasteiger partial charge in [0, 0.05) is 18.1 Å². The Morgan fingerprint density at radius 1 is 1.33 bits per heavy atom. The quantitative estimate of drug-likeness (QED) is 0.857. The average Bonchev–Trinajstić information content (AvgIpc) is 2.41. The summed E-state index contributed by atoms with van der Waals surface area (Å²) in [5.74, 6) is 0. The van der Waals surface area contributed by atoms with Crippen molar-refractivity contribution in [3.05, 3.63) is 35.4 Å². The monoisotopic (exact) mass is 243 g/mol. The van der Waals surface area contributed by atoms with E-state index in [-0.39, 0.29) is 6.04 Å². The van der Waals surface area contributed by atoms with Crippen LogP contribution in [0.4, 0.5) is 0 Å². The summed E-state index contributed by atoms with van der Waals surface area (Å²) in [5.41, 5.74) is 7.83. The van der Waals surface area contributed by atoms with E-state index < -0.39 is 0 Å². The van der Waals surface area contributed by atoms with Crippen molar-refractivity contribution in [2.75, 3.05) is 0 Å². The molecule has 1 aliphatic rings. The van der Waals surface area contributed by atoms with E-state index in [0.717, 1.165) is 31.2 Å². The first-order valence-electron chi connectivity index (χ1n) is 6.70. The lowest BCUT2D eigenvalue weighted by Crippen LogP contribution is -2.38. The van der Waals surface area contributed by atoms with Crippen LogP contribution in [0, 0.1) is 11.3 Å². The largest absolute Gasteiger partial charge is 0.328 e. The van der Waals surface area contributed by atoms with Crippen LogP contribution in [-0.4, -0.2) is 12.1 Å². The first kappa shape index (κ1) is 13.1. The second kappa shape index (κ2) is 5.99. The summed E-state index contributed by atoms with van der Waals surface area (Å²) in [6, 6.07) is 11.3. The number of benzene rings is 1. The van der Waals surface area contributed by atoms with E-state index in [0.29, 0.717) is 12.1 Å². The molecule has 3 N–H and O–H groups in total. The summed E-state index contributed by atoms with van der Waals surface area (Å²) in [5, 5.41) is 12.6. The van der Waals surface area contributed by atoms with Gasteiger partial charge in [0.05, 0.1) is 11.6 Å². The Morgan fingerprint density at radius 2 is 2.06 bits per heavy atom. The molecule has 18 heavy (non-hydrogen) atoms. The Labute approximate surface area is 109 Å². The van der Waals surface area contributed by atoms with Gasteiger partial charge >= 0.3 is 0 Å². The zero-order valence-corrected chi connectivity index (χ0v) is 10.9. The van der Waals surface area contributed by atoms with Crippen LogP contribution in [0.3, 0.4) is 0 Å². The molecule has 0 radical (unpaired) electrons. The van der Waals surface area contributed by atoms with Gasteiger partial charge in [-0.15, -0.1) is 0 Å². The van der Waals surface area contributed by atoms with Gasteiger partial charge in [-0.3, -0.25) is 0 Å². The molecule has 1 unspecified atom stereocenters. The molecular weight excluding hydrogens is 222 g/mol. The standard InChI is InChI=1S/C15H21N3/c1-11(13-4-2-3-12(9-13)10-16)18-15-7-5-14(17)6-8-15/h2-4,9,11,14-15,18H,5-8,17H2,1H3. The maximum Gasteiger partial charge on any atom is 0.0991 e. The van der Waals surface area contributed by atoms with Crippen LogP contribution < -0.4 is 11.1 Å². The van der Waals surface area contributed by atoms with Crippen molar-refractivity contribution < 1.29 is 0 Å². The number of nitrogens with two attached hydrogens (primary N) is 1. The average molecular weight is 243 g/mol. The predicted octanol–water partition coefficient (Wildman–Crippen LogP) is 2.48. The highest BCUT2D eigenvalue weighted by Gasteiger charge is 2.20. The fourth-order valence-electron chi connectivity index (χ4n) is 2.61. The molecule has 1 saturated carbocycles. The highest BCUT2D eigenvalue weighted by atomic mass is 14.9. The van der Waals surface area contributed by atoms with Crippen LogP contribution in [0.1, 0.15) is 49.8 Å². The van der Waals surface area contributed by atoms with E-state index in [4.69, 9.17) is 11.0 Å². The van der Waals surface area contributed by atoms with Crippen LogP contribution in [0.15, 0.2) is 24.3 Å². The minimum atomic E-state index is 0.289. The van der Waals surface area contributed by atoms with E-state index in [1.54, 1.807) is 0 Å². The number of hydrogen-bond donors (Lipinski definition) is 2. The molecule has 0 spiro atoms. The molecule has 1 fully saturated rings. The van der Waals surface area contributed by atoms with Crippen molar-refractivity contribution in [1.82, 2.24) is 5.32 Å². The van der Waals surface area contributed by atoms with Crippen molar-refractivity contribution in [1.29, 1.82) is 5.26 Å². The van der Waals surface area contributed by atoms with E-state index in [1.165, 1.54) is 5.56 Å². The summed E-state index contributed by atoms with van der Waals surface area (Å²) in [6.45, 7) is 2.16. The van der Waals surface area contributed by atoms with Gasteiger partial charge in [-0.25, -0.2) is 0 Å². The van der Waals surface area contributed by atoms with Gasteiger partial charge in [0.1, 0.15) is 0 Å². The predicted molar refractivity (Wildman–Crippen MR) is 72.9 cm³/mol. The van der Waals surface area contributed by atoms with Crippen LogP contribution in [-0.2, 0) is 0 Å². The van der Waals surface area contributed by atoms with Gasteiger partial charge < -0.3 is 11.1 Å². The molecule has 0 amide bonds. The number of hydrogen-bond acceptors (Lipinski definition) is 3. The summed E-state index contributed by atoms with van der Waals surface area (Å²) in [4.78, 5) is 0. The number of nitrogens with zero attached hydrogens (tertiary/aromatic N) is 1. The zero-order valence-electron chi connectivity index (χ0n) is 10.9. The fourth-order valence-corrected chi connectivity index (χ4v) is 2.61. The highest BCUT2D eigenvalue weighted by molar-refractivity contribution is 5.34. The van der Waals surface area contributed by atoms with Crippen molar-refractivity contribution in [3.8, 4) is 6.07 Å². The highest BCUT2D eigenvalue weighted by Crippen LogP contribution is 2.21. The Hall–Kier alpha value is -1.37. The third-order valence-electron chi connectivity index (χ3n) is 3.77. The Morgan fingerprint density at radius 3 is 2.72 bits per heavy atom. The first-order chi connectivity index (χ1) is 8.69. The molecule has 0 aromatic heterocycles. The molecule has 3 nitrogen and oxygen atoms in total. The van der Waals surface area contributed by atoms with E-state index >= 15 is 0 Å². The Balaban J connectivity index is 1.95. The summed E-state index contributed by atoms with van der Waals surface area (Å²) in [6.07, 6.45) is 4.54. The lowest BCUT2D eigenvalue weighted by Gasteiger charge is -2.29. The smallest absolute Gasteiger partial charge is 0.0991 e. The normalized spacial score (nSPS) is 25.4. The minimum Gasteiger partial charge on any atom is -0.328 e. The maximum absolute atomic E-state index is 8.91. The number of nitrogens with one attached hydrogen (secondary N) is 1. The Kier molecular flexibility index (Phi) is 4.35. The SMILES string of the molecule is CC(NC1CCC(N)CC1)c1cccc(C#N)c1. The summed E-state index contributed by atoms with van der Waals surface area (Å²) >= 11 is 0. The molecule has 96 valence electrons. The van der Waals surface area contributed by atoms with Gasteiger partial charge in [-0.2, -0.15) is 5.26 Å². The molecule has 1 aliphatic carbocycles. The molecule has 1 atom stereocenters. The van der Waals surface area contributed by atoms with Crippen molar-refractivity contribution >= 4 is 0 Å². The van der Waals surface area contributed by atoms with E-state index in [9.17, 15) is 0 Å². The van der Waals surface area contributed by atoms with Crippen LogP contribution in [0.2, 0.25) is 0 Å². The minimum absolute atomic E-state index is 0.289.